The third-order valence-electron chi connectivity index (χ3n) is 7.60. The number of allylic oxidation sites excluding steroid dienone is 1. The van der Waals surface area contributed by atoms with E-state index in [-0.39, 0.29) is 22.9 Å². The van der Waals surface area contributed by atoms with Gasteiger partial charge < -0.3 is 16.1 Å². The first-order valence-electron chi connectivity index (χ1n) is 13.3. The van der Waals surface area contributed by atoms with Crippen molar-refractivity contribution in [3.63, 3.8) is 0 Å². The average molecular weight is 531 g/mol. The number of nitrogens with one attached hydrogen (secondary N) is 2. The minimum Gasteiger partial charge on any atom is -0.337 e. The smallest absolute Gasteiger partial charge is 0.139 e. The van der Waals surface area contributed by atoms with Crippen molar-refractivity contribution in [2.45, 2.75) is 24.8 Å². The van der Waals surface area contributed by atoms with Gasteiger partial charge in [0.05, 0.1) is 17.1 Å². The molecule has 0 amide bonds. The summed E-state index contributed by atoms with van der Waals surface area (Å²) in [6.45, 7) is 0. The standard InChI is InChI=1S/C34H28F2N4/c35-27-15-9-22(10-16-27)29(21-30(37)23-11-17-28(36)18-12-23)33-39-31(24-5-2-1-3-6-24)32(40-33)25-7-13-26(14-8-25)34(38)19-4-20-34/h1-3,5-18,21,37H,4,19-20,38H2,(H,39,40)/b29-21-,37-30?. The van der Waals surface area contributed by atoms with Crippen LogP contribution >= 0.6 is 0 Å². The lowest BCUT2D eigenvalue weighted by molar-refractivity contribution is 0.253. The fourth-order valence-electron chi connectivity index (χ4n) is 5.10. The molecule has 1 saturated carbocycles. The Bertz CT molecular complexity index is 1680. The van der Waals surface area contributed by atoms with Crippen molar-refractivity contribution in [2.75, 3.05) is 0 Å². The Hall–Kier alpha value is -4.68. The third-order valence-corrected chi connectivity index (χ3v) is 7.60. The van der Waals surface area contributed by atoms with Gasteiger partial charge in [-0.3, -0.25) is 0 Å². The minimum absolute atomic E-state index is 0.177. The lowest BCUT2D eigenvalue weighted by Gasteiger charge is -2.38. The average Bonchev–Trinajstić information content (AvgIpc) is 3.41. The van der Waals surface area contributed by atoms with E-state index in [9.17, 15) is 8.78 Å². The zero-order valence-electron chi connectivity index (χ0n) is 21.8. The molecule has 0 spiro atoms. The van der Waals surface area contributed by atoms with Crippen LogP contribution < -0.4 is 5.73 Å². The highest BCUT2D eigenvalue weighted by Crippen LogP contribution is 2.40. The molecule has 0 radical (unpaired) electrons. The molecule has 198 valence electrons. The summed E-state index contributed by atoms with van der Waals surface area (Å²) in [5.74, 6) is -0.192. The molecule has 6 rings (SSSR count). The number of halogens is 2. The number of aromatic nitrogens is 2. The summed E-state index contributed by atoms with van der Waals surface area (Å²) in [4.78, 5) is 8.52. The molecule has 0 atom stereocenters. The fourth-order valence-corrected chi connectivity index (χ4v) is 5.10. The number of aromatic amines is 1. The van der Waals surface area contributed by atoms with E-state index >= 15 is 0 Å². The van der Waals surface area contributed by atoms with Gasteiger partial charge in [-0.1, -0.05) is 66.7 Å². The molecule has 0 unspecified atom stereocenters. The number of H-pyrrole nitrogens is 1. The van der Waals surface area contributed by atoms with Crippen LogP contribution in [0.4, 0.5) is 8.78 Å². The maximum Gasteiger partial charge on any atom is 0.139 e. The molecular formula is C34H28F2N4. The van der Waals surface area contributed by atoms with Crippen molar-refractivity contribution in [1.29, 1.82) is 5.41 Å². The van der Waals surface area contributed by atoms with E-state index in [0.717, 1.165) is 47.3 Å². The molecule has 1 fully saturated rings. The first kappa shape index (κ1) is 25.6. The Morgan fingerprint density at radius 2 is 1.38 bits per heavy atom. The number of hydrogen-bond acceptors (Lipinski definition) is 3. The van der Waals surface area contributed by atoms with E-state index in [2.05, 4.69) is 29.2 Å². The van der Waals surface area contributed by atoms with Crippen LogP contribution in [0.15, 0.2) is 109 Å². The van der Waals surface area contributed by atoms with Crippen LogP contribution in [0.5, 0.6) is 0 Å². The third kappa shape index (κ3) is 5.01. The molecule has 40 heavy (non-hydrogen) atoms. The van der Waals surface area contributed by atoms with E-state index in [1.807, 2.05) is 30.3 Å². The molecule has 0 saturated heterocycles. The molecule has 4 aromatic carbocycles. The Morgan fingerprint density at radius 3 is 1.95 bits per heavy atom. The number of nitrogens with zero attached hydrogens (tertiary/aromatic N) is 1. The fraction of sp³-hybridized carbons (Fsp3) is 0.118. The quantitative estimate of drug-likeness (QED) is 0.187. The van der Waals surface area contributed by atoms with Gasteiger partial charge in [0, 0.05) is 22.2 Å². The van der Waals surface area contributed by atoms with E-state index in [1.165, 1.54) is 24.3 Å². The van der Waals surface area contributed by atoms with E-state index in [0.29, 0.717) is 22.5 Å². The first-order chi connectivity index (χ1) is 19.4. The predicted octanol–water partition coefficient (Wildman–Crippen LogP) is 7.86. The highest BCUT2D eigenvalue weighted by Gasteiger charge is 2.34. The normalized spacial score (nSPS) is 14.5. The second-order valence-electron chi connectivity index (χ2n) is 10.2. The van der Waals surface area contributed by atoms with Gasteiger partial charge in [0.1, 0.15) is 17.5 Å². The van der Waals surface area contributed by atoms with Crippen molar-refractivity contribution >= 4 is 11.3 Å². The van der Waals surface area contributed by atoms with Crippen LogP contribution in [-0.4, -0.2) is 15.7 Å². The minimum atomic E-state index is -0.369. The molecule has 0 aliphatic heterocycles. The number of imidazole rings is 1. The molecule has 6 heteroatoms. The zero-order chi connectivity index (χ0) is 27.7. The van der Waals surface area contributed by atoms with Crippen LogP contribution in [0.2, 0.25) is 0 Å². The Balaban J connectivity index is 1.48. The molecule has 4 N–H and O–H groups in total. The summed E-state index contributed by atoms with van der Waals surface area (Å²) < 4.78 is 27.4. The van der Waals surface area contributed by atoms with Crippen molar-refractivity contribution in [1.82, 2.24) is 9.97 Å². The largest absolute Gasteiger partial charge is 0.337 e. The van der Waals surface area contributed by atoms with Crippen LogP contribution in [-0.2, 0) is 5.54 Å². The molecular weight excluding hydrogens is 502 g/mol. The molecule has 0 bridgehead atoms. The van der Waals surface area contributed by atoms with E-state index in [4.69, 9.17) is 16.1 Å². The van der Waals surface area contributed by atoms with Crippen molar-refractivity contribution in [3.8, 4) is 22.5 Å². The van der Waals surface area contributed by atoms with Crippen LogP contribution in [0, 0.1) is 17.0 Å². The molecule has 1 aliphatic rings. The number of benzene rings is 4. The second-order valence-corrected chi connectivity index (χ2v) is 10.2. The van der Waals surface area contributed by atoms with Gasteiger partial charge in [0.2, 0.25) is 0 Å². The Kier molecular flexibility index (Phi) is 6.70. The molecule has 1 aliphatic carbocycles. The topological polar surface area (TPSA) is 78.6 Å². The number of nitrogens with two attached hydrogens (primary N) is 1. The first-order valence-corrected chi connectivity index (χ1v) is 13.3. The lowest BCUT2D eigenvalue weighted by atomic mass is 9.72. The van der Waals surface area contributed by atoms with Crippen molar-refractivity contribution in [3.05, 3.63) is 143 Å². The van der Waals surface area contributed by atoms with Gasteiger partial charge in [-0.05, 0) is 78.4 Å². The zero-order valence-corrected chi connectivity index (χ0v) is 21.8. The Morgan fingerprint density at radius 1 is 0.775 bits per heavy atom. The SMILES string of the molecule is N=C(/C=C(/c1ccc(F)cc1)c1nc(-c2ccccc2)c(-c2ccc(C3(N)CCC3)cc2)[nH]1)c1ccc(F)cc1. The summed E-state index contributed by atoms with van der Waals surface area (Å²) in [5, 5.41) is 8.74. The highest BCUT2D eigenvalue weighted by molar-refractivity contribution is 6.11. The van der Waals surface area contributed by atoms with Crippen LogP contribution in [0.3, 0.4) is 0 Å². The van der Waals surface area contributed by atoms with Crippen LogP contribution in [0.25, 0.3) is 28.1 Å². The van der Waals surface area contributed by atoms with Gasteiger partial charge in [-0.15, -0.1) is 0 Å². The monoisotopic (exact) mass is 530 g/mol. The van der Waals surface area contributed by atoms with Gasteiger partial charge in [0.15, 0.2) is 0 Å². The molecule has 5 aromatic rings. The summed E-state index contributed by atoms with van der Waals surface area (Å²) >= 11 is 0. The lowest BCUT2D eigenvalue weighted by Crippen LogP contribution is -2.43. The van der Waals surface area contributed by atoms with Gasteiger partial charge in [-0.2, -0.15) is 0 Å². The van der Waals surface area contributed by atoms with E-state index < -0.39 is 0 Å². The van der Waals surface area contributed by atoms with E-state index in [1.54, 1.807) is 30.3 Å². The van der Waals surface area contributed by atoms with Crippen molar-refractivity contribution in [2.24, 2.45) is 5.73 Å². The predicted molar refractivity (Wildman–Crippen MR) is 156 cm³/mol. The number of hydrogen-bond donors (Lipinski definition) is 3. The van der Waals surface area contributed by atoms with Crippen LogP contribution in [0.1, 0.15) is 41.8 Å². The highest BCUT2D eigenvalue weighted by atomic mass is 19.1. The Labute approximate surface area is 231 Å². The van der Waals surface area contributed by atoms with Gasteiger partial charge in [0.25, 0.3) is 0 Å². The maximum absolute atomic E-state index is 13.8. The maximum atomic E-state index is 13.8. The molecule has 4 nitrogen and oxygen atoms in total. The summed E-state index contributed by atoms with van der Waals surface area (Å²) in [5.41, 5.74) is 13.0. The number of rotatable bonds is 7. The van der Waals surface area contributed by atoms with Gasteiger partial charge >= 0.3 is 0 Å². The summed E-state index contributed by atoms with van der Waals surface area (Å²) in [7, 11) is 0. The molecule has 1 aromatic heterocycles. The summed E-state index contributed by atoms with van der Waals surface area (Å²) in [6.07, 6.45) is 4.80. The molecule has 1 heterocycles. The van der Waals surface area contributed by atoms with Crippen molar-refractivity contribution < 1.29 is 8.78 Å². The summed E-state index contributed by atoms with van der Waals surface area (Å²) in [6, 6.07) is 30.1. The van der Waals surface area contributed by atoms with Gasteiger partial charge in [-0.25, -0.2) is 13.8 Å². The second kappa shape index (κ2) is 10.5.